The van der Waals surface area contributed by atoms with E-state index in [0.717, 1.165) is 17.5 Å². The van der Waals surface area contributed by atoms with E-state index in [9.17, 15) is 0 Å². The van der Waals surface area contributed by atoms with Gasteiger partial charge in [-0.15, -0.1) is 11.3 Å². The number of thiophene rings is 1. The summed E-state index contributed by atoms with van der Waals surface area (Å²) >= 11 is 1.88. The molecule has 1 unspecified atom stereocenters. The number of nitrogens with zero attached hydrogens (tertiary/aromatic N) is 1. The quantitative estimate of drug-likeness (QED) is 0.165. The second-order valence-electron chi connectivity index (χ2n) is 14.7. The summed E-state index contributed by atoms with van der Waals surface area (Å²) in [6, 6.07) is 52.1. The van der Waals surface area contributed by atoms with Crippen LogP contribution in [0.3, 0.4) is 0 Å². The molecule has 1 aromatic heterocycles. The van der Waals surface area contributed by atoms with Gasteiger partial charge in [-0.25, -0.2) is 0 Å². The highest BCUT2D eigenvalue weighted by atomic mass is 32.1. The van der Waals surface area contributed by atoms with E-state index >= 15 is 0 Å². The van der Waals surface area contributed by atoms with E-state index < -0.39 is 0 Å². The van der Waals surface area contributed by atoms with Crippen LogP contribution in [0.15, 0.2) is 140 Å². The lowest BCUT2D eigenvalue weighted by atomic mass is 9.68. The molecule has 1 nitrogen and oxygen atoms in total. The number of rotatable bonds is 7. The average molecular weight is 654 g/mol. The Morgan fingerprint density at radius 1 is 0.612 bits per heavy atom. The maximum Gasteiger partial charge on any atom is 0.0491 e. The number of fused-ring (bicyclic) bond motifs is 6. The fourth-order valence-corrected chi connectivity index (χ4v) is 10.2. The first-order valence-corrected chi connectivity index (χ1v) is 19.0. The molecule has 0 spiro atoms. The molecule has 0 amide bonds. The van der Waals surface area contributed by atoms with Gasteiger partial charge in [0, 0.05) is 37.2 Å². The molecule has 3 aliphatic rings. The van der Waals surface area contributed by atoms with Crippen LogP contribution >= 0.6 is 11.3 Å². The Balaban J connectivity index is 1.08. The van der Waals surface area contributed by atoms with Crippen molar-refractivity contribution in [2.75, 3.05) is 4.90 Å². The van der Waals surface area contributed by atoms with Crippen molar-refractivity contribution in [3.05, 3.63) is 151 Å². The van der Waals surface area contributed by atoms with Gasteiger partial charge in [0.05, 0.1) is 0 Å². The van der Waals surface area contributed by atoms with E-state index in [1.165, 1.54) is 97.9 Å². The van der Waals surface area contributed by atoms with Crippen LogP contribution in [0.4, 0.5) is 17.1 Å². The number of benzene rings is 6. The molecule has 6 aromatic carbocycles. The summed E-state index contributed by atoms with van der Waals surface area (Å²) in [7, 11) is 0. The average Bonchev–Trinajstić information content (AvgIpc) is 3.26. The predicted octanol–water partition coefficient (Wildman–Crippen LogP) is 14.0. The van der Waals surface area contributed by atoms with Gasteiger partial charge in [0.25, 0.3) is 0 Å². The Bertz CT molecular complexity index is 2260. The van der Waals surface area contributed by atoms with Crippen molar-refractivity contribution in [3.8, 4) is 22.3 Å². The van der Waals surface area contributed by atoms with Crippen molar-refractivity contribution in [2.45, 2.75) is 57.8 Å². The minimum atomic E-state index is 0.361. The van der Waals surface area contributed by atoms with Crippen LogP contribution in [0.2, 0.25) is 0 Å². The van der Waals surface area contributed by atoms with Crippen molar-refractivity contribution in [2.24, 2.45) is 11.8 Å². The summed E-state index contributed by atoms with van der Waals surface area (Å²) in [5.41, 5.74) is 11.8. The SMILES string of the molecule is CCC1(c2ccc(-c3ccc(N(c4ccc(-c5ccccc5)cc4)c4ccc5c(c4)sc4ccccc45)c(C)c3)cc2)CCC2CC(C2)C1. The lowest BCUT2D eigenvalue weighted by molar-refractivity contribution is 0.187. The zero-order valence-electron chi connectivity index (χ0n) is 28.5. The zero-order chi connectivity index (χ0) is 33.0. The van der Waals surface area contributed by atoms with Crippen LogP contribution in [-0.2, 0) is 5.41 Å². The van der Waals surface area contributed by atoms with E-state index in [2.05, 4.69) is 158 Å². The Morgan fingerprint density at radius 3 is 2.04 bits per heavy atom. The first-order valence-electron chi connectivity index (χ1n) is 18.2. The van der Waals surface area contributed by atoms with Crippen molar-refractivity contribution < 1.29 is 0 Å². The standard InChI is InChI=1S/C47H43NS/c1-3-47(26-25-33-28-34(29-33)31-47)39-18-13-37(14-19-39)38-17-24-44(32(2)27-38)48(40-20-15-36(16-21-40)35-9-5-4-6-10-35)41-22-23-43-42-11-7-8-12-45(42)49-46(43)30-41/h4-24,27,30,33-34H,3,25-26,28-29,31H2,1-2H3. The van der Waals surface area contributed by atoms with Gasteiger partial charge < -0.3 is 4.90 Å². The second-order valence-corrected chi connectivity index (χ2v) is 15.8. The minimum absolute atomic E-state index is 0.361. The van der Waals surface area contributed by atoms with Gasteiger partial charge in [-0.2, -0.15) is 0 Å². The Labute approximate surface area is 294 Å². The fourth-order valence-electron chi connectivity index (χ4n) is 9.02. The second kappa shape index (κ2) is 12.3. The number of aryl methyl sites for hydroxylation is 1. The topological polar surface area (TPSA) is 3.24 Å². The maximum absolute atomic E-state index is 2.45. The van der Waals surface area contributed by atoms with Gasteiger partial charge in [0.15, 0.2) is 0 Å². The summed E-state index contributed by atoms with van der Waals surface area (Å²) < 4.78 is 2.65. The Hall–Kier alpha value is -4.66. The lowest BCUT2D eigenvalue weighted by Crippen LogP contribution is -2.28. The van der Waals surface area contributed by atoms with Gasteiger partial charge in [0.1, 0.15) is 0 Å². The van der Waals surface area contributed by atoms with Gasteiger partial charge >= 0.3 is 0 Å². The van der Waals surface area contributed by atoms with E-state index in [1.54, 1.807) is 5.56 Å². The monoisotopic (exact) mass is 653 g/mol. The molecule has 49 heavy (non-hydrogen) atoms. The third kappa shape index (κ3) is 5.47. The molecule has 10 rings (SSSR count). The normalized spacial score (nSPS) is 20.2. The van der Waals surface area contributed by atoms with Crippen LogP contribution in [0.1, 0.15) is 56.6 Å². The third-order valence-corrected chi connectivity index (χ3v) is 13.0. The summed E-state index contributed by atoms with van der Waals surface area (Å²) in [5.74, 6) is 1.94. The highest BCUT2D eigenvalue weighted by Gasteiger charge is 2.42. The molecule has 0 aliphatic heterocycles. The third-order valence-electron chi connectivity index (χ3n) is 11.8. The van der Waals surface area contributed by atoms with E-state index in [1.807, 2.05) is 11.3 Å². The van der Waals surface area contributed by atoms with Crippen molar-refractivity contribution in [1.82, 2.24) is 0 Å². The minimum Gasteiger partial charge on any atom is -0.310 e. The molecule has 1 heterocycles. The van der Waals surface area contributed by atoms with E-state index in [4.69, 9.17) is 0 Å². The summed E-state index contributed by atoms with van der Waals surface area (Å²) in [6.07, 6.45) is 8.33. The van der Waals surface area contributed by atoms with Crippen LogP contribution in [0, 0.1) is 18.8 Å². The highest BCUT2D eigenvalue weighted by molar-refractivity contribution is 7.25. The van der Waals surface area contributed by atoms with Gasteiger partial charge in [-0.05, 0) is 139 Å². The van der Waals surface area contributed by atoms with Gasteiger partial charge in [0.2, 0.25) is 0 Å². The summed E-state index contributed by atoms with van der Waals surface area (Å²) in [6.45, 7) is 4.68. The molecular formula is C47H43NS. The molecule has 0 radical (unpaired) electrons. The summed E-state index contributed by atoms with van der Waals surface area (Å²) in [5, 5.41) is 2.66. The van der Waals surface area contributed by atoms with E-state index in [-0.39, 0.29) is 0 Å². The maximum atomic E-state index is 2.45. The molecule has 3 saturated carbocycles. The van der Waals surface area contributed by atoms with Crippen molar-refractivity contribution in [3.63, 3.8) is 0 Å². The Morgan fingerprint density at radius 2 is 1.27 bits per heavy atom. The number of anilines is 3. The first kappa shape index (κ1) is 30.4. The Kier molecular flexibility index (Phi) is 7.66. The molecule has 0 N–H and O–H groups in total. The molecule has 0 saturated heterocycles. The summed E-state index contributed by atoms with van der Waals surface area (Å²) in [4.78, 5) is 2.43. The van der Waals surface area contributed by atoms with Crippen LogP contribution < -0.4 is 4.90 Å². The molecule has 2 bridgehead atoms. The highest BCUT2D eigenvalue weighted by Crippen LogP contribution is 2.53. The molecule has 3 aliphatic carbocycles. The predicted molar refractivity (Wildman–Crippen MR) is 212 cm³/mol. The molecule has 3 fully saturated rings. The van der Waals surface area contributed by atoms with Gasteiger partial charge in [-0.1, -0.05) is 104 Å². The lowest BCUT2D eigenvalue weighted by Gasteiger charge is -2.37. The number of hydrogen-bond acceptors (Lipinski definition) is 2. The van der Waals surface area contributed by atoms with Crippen LogP contribution in [0.25, 0.3) is 42.4 Å². The zero-order valence-corrected chi connectivity index (χ0v) is 29.3. The molecule has 7 aromatic rings. The van der Waals surface area contributed by atoms with Crippen LogP contribution in [0.5, 0.6) is 0 Å². The smallest absolute Gasteiger partial charge is 0.0491 e. The van der Waals surface area contributed by atoms with E-state index in [0.29, 0.717) is 5.41 Å². The molecule has 242 valence electrons. The van der Waals surface area contributed by atoms with Crippen molar-refractivity contribution in [1.29, 1.82) is 0 Å². The fraction of sp³-hybridized carbons (Fsp3) is 0.234. The molecule has 2 heteroatoms. The largest absolute Gasteiger partial charge is 0.310 e. The first-order chi connectivity index (χ1) is 24.1. The van der Waals surface area contributed by atoms with Crippen LogP contribution in [-0.4, -0.2) is 0 Å². The van der Waals surface area contributed by atoms with Crippen molar-refractivity contribution >= 4 is 48.6 Å². The number of hydrogen-bond donors (Lipinski definition) is 0. The molecular weight excluding hydrogens is 611 g/mol. The van der Waals surface area contributed by atoms with Gasteiger partial charge in [-0.3, -0.25) is 0 Å². The molecule has 1 atom stereocenters.